The fourth-order valence-corrected chi connectivity index (χ4v) is 4.55. The predicted octanol–water partition coefficient (Wildman–Crippen LogP) is 4.09. The van der Waals surface area contributed by atoms with Gasteiger partial charge in [-0.3, -0.25) is 9.59 Å². The number of amides is 2. The molecule has 0 bridgehead atoms. The zero-order chi connectivity index (χ0) is 20.9. The van der Waals surface area contributed by atoms with Crippen molar-refractivity contribution in [1.29, 1.82) is 0 Å². The number of nitrogens with zero attached hydrogens (tertiary/aromatic N) is 2. The average Bonchev–Trinajstić information content (AvgIpc) is 3.44. The van der Waals surface area contributed by atoms with Gasteiger partial charge in [-0.2, -0.15) is 0 Å². The molecule has 1 aliphatic heterocycles. The molecule has 0 unspecified atom stereocenters. The summed E-state index contributed by atoms with van der Waals surface area (Å²) in [6.07, 6.45) is 5.37. The van der Waals surface area contributed by atoms with Gasteiger partial charge in [-0.05, 0) is 37.3 Å². The Morgan fingerprint density at radius 2 is 2.03 bits per heavy atom. The Kier molecular flexibility index (Phi) is 6.28. The third kappa shape index (κ3) is 4.31. The van der Waals surface area contributed by atoms with Crippen LogP contribution in [0.25, 0.3) is 0 Å². The normalized spacial score (nSPS) is 14.0. The second kappa shape index (κ2) is 9.26. The summed E-state index contributed by atoms with van der Waals surface area (Å²) in [5.41, 5.74) is 3.21. The number of thiazole rings is 1. The molecule has 0 saturated heterocycles. The van der Waals surface area contributed by atoms with E-state index in [1.54, 1.807) is 12.3 Å². The number of aromatic nitrogens is 2. The monoisotopic (exact) mass is 422 g/mol. The quantitative estimate of drug-likeness (QED) is 0.602. The Hall–Kier alpha value is -2.93. The third-order valence-electron chi connectivity index (χ3n) is 5.53. The Bertz CT molecular complexity index is 1010. The van der Waals surface area contributed by atoms with Gasteiger partial charge in [0.15, 0.2) is 0 Å². The lowest BCUT2D eigenvalue weighted by molar-refractivity contribution is 0.0923. The molecule has 3 heterocycles. The van der Waals surface area contributed by atoms with Crippen molar-refractivity contribution in [3.8, 4) is 0 Å². The third-order valence-corrected chi connectivity index (χ3v) is 6.31. The van der Waals surface area contributed by atoms with E-state index in [-0.39, 0.29) is 17.9 Å². The van der Waals surface area contributed by atoms with Crippen LogP contribution in [-0.4, -0.2) is 21.4 Å². The van der Waals surface area contributed by atoms with Crippen LogP contribution in [0.15, 0.2) is 48.0 Å². The zero-order valence-corrected chi connectivity index (χ0v) is 17.9. The predicted molar refractivity (Wildman–Crippen MR) is 118 cm³/mol. The van der Waals surface area contributed by atoms with Crippen LogP contribution in [0.1, 0.15) is 69.3 Å². The van der Waals surface area contributed by atoms with Gasteiger partial charge in [-0.15, -0.1) is 11.3 Å². The van der Waals surface area contributed by atoms with E-state index in [1.165, 1.54) is 11.3 Å². The van der Waals surface area contributed by atoms with Gasteiger partial charge in [0.2, 0.25) is 0 Å². The van der Waals surface area contributed by atoms with Crippen LogP contribution in [0.5, 0.6) is 0 Å². The summed E-state index contributed by atoms with van der Waals surface area (Å²) in [7, 11) is 0. The minimum atomic E-state index is -0.148. The highest BCUT2D eigenvalue weighted by Gasteiger charge is 2.26. The molecule has 3 aromatic rings. The lowest BCUT2D eigenvalue weighted by Gasteiger charge is -2.21. The number of rotatable bonds is 7. The standard InChI is InChI=1S/C23H26N4O2S/c1-2-18(16-8-4-3-5-9-16)26-23(29)20-14-17(19-10-6-7-12-27(19)20)22(28)25-15-21-24-11-13-30-21/h3-5,8-9,11,13-14,18H,2,6-7,10,12,15H2,1H3,(H,25,28)(H,26,29)/t18-/m1/s1. The summed E-state index contributed by atoms with van der Waals surface area (Å²) in [6.45, 7) is 3.22. The Morgan fingerprint density at radius 1 is 1.20 bits per heavy atom. The minimum Gasteiger partial charge on any atom is -0.345 e. The smallest absolute Gasteiger partial charge is 0.268 e. The molecule has 4 rings (SSSR count). The van der Waals surface area contributed by atoms with Crippen LogP contribution in [0, 0.1) is 0 Å². The first kappa shape index (κ1) is 20.3. The topological polar surface area (TPSA) is 76.0 Å². The van der Waals surface area contributed by atoms with E-state index in [1.807, 2.05) is 40.3 Å². The summed E-state index contributed by atoms with van der Waals surface area (Å²) in [4.78, 5) is 30.2. The van der Waals surface area contributed by atoms with E-state index >= 15 is 0 Å². The maximum atomic E-state index is 13.2. The van der Waals surface area contributed by atoms with Crippen LogP contribution in [0.3, 0.4) is 0 Å². The number of fused-ring (bicyclic) bond motifs is 1. The van der Waals surface area contributed by atoms with E-state index in [0.29, 0.717) is 17.8 Å². The van der Waals surface area contributed by atoms with Gasteiger partial charge in [-0.1, -0.05) is 37.3 Å². The lowest BCUT2D eigenvalue weighted by Crippen LogP contribution is -2.30. The Labute approximate surface area is 180 Å². The zero-order valence-electron chi connectivity index (χ0n) is 17.1. The minimum absolute atomic E-state index is 0.0596. The van der Waals surface area contributed by atoms with E-state index in [9.17, 15) is 9.59 Å². The molecule has 2 N–H and O–H groups in total. The van der Waals surface area contributed by atoms with Gasteiger partial charge in [0.05, 0.1) is 18.2 Å². The van der Waals surface area contributed by atoms with E-state index < -0.39 is 0 Å². The molecule has 1 aliphatic rings. The first-order valence-corrected chi connectivity index (χ1v) is 11.3. The van der Waals surface area contributed by atoms with Gasteiger partial charge in [0.1, 0.15) is 10.7 Å². The number of benzene rings is 1. The van der Waals surface area contributed by atoms with E-state index in [4.69, 9.17) is 0 Å². The van der Waals surface area contributed by atoms with Crippen LogP contribution in [0.2, 0.25) is 0 Å². The summed E-state index contributed by atoms with van der Waals surface area (Å²) >= 11 is 1.51. The highest BCUT2D eigenvalue weighted by molar-refractivity contribution is 7.09. The molecule has 0 radical (unpaired) electrons. The average molecular weight is 423 g/mol. The van der Waals surface area contributed by atoms with Crippen LogP contribution in [-0.2, 0) is 19.5 Å². The molecular weight excluding hydrogens is 396 g/mol. The summed E-state index contributed by atoms with van der Waals surface area (Å²) in [6, 6.07) is 11.7. The summed E-state index contributed by atoms with van der Waals surface area (Å²) in [5.74, 6) is -0.280. The van der Waals surface area contributed by atoms with Gasteiger partial charge < -0.3 is 15.2 Å². The molecule has 30 heavy (non-hydrogen) atoms. The number of carbonyl (C=O) groups excluding carboxylic acids is 2. The maximum Gasteiger partial charge on any atom is 0.268 e. The second-order valence-corrected chi connectivity index (χ2v) is 8.43. The van der Waals surface area contributed by atoms with Gasteiger partial charge >= 0.3 is 0 Å². The van der Waals surface area contributed by atoms with Crippen molar-refractivity contribution < 1.29 is 9.59 Å². The first-order valence-electron chi connectivity index (χ1n) is 10.4. The molecule has 0 fully saturated rings. The summed E-state index contributed by atoms with van der Waals surface area (Å²) < 4.78 is 2.02. The molecule has 0 spiro atoms. The largest absolute Gasteiger partial charge is 0.345 e. The van der Waals surface area contributed by atoms with Crippen LogP contribution >= 0.6 is 11.3 Å². The number of carbonyl (C=O) groups is 2. The SMILES string of the molecule is CC[C@@H](NC(=O)c1cc(C(=O)NCc2nccs2)c2n1CCCC2)c1ccccc1. The van der Waals surface area contributed by atoms with Crippen molar-refractivity contribution >= 4 is 23.2 Å². The fraction of sp³-hybridized carbons (Fsp3) is 0.348. The lowest BCUT2D eigenvalue weighted by atomic mass is 10.0. The molecule has 2 amide bonds. The number of nitrogens with one attached hydrogen (secondary N) is 2. The van der Waals surface area contributed by atoms with Crippen molar-refractivity contribution in [2.24, 2.45) is 0 Å². The molecule has 1 aromatic carbocycles. The highest BCUT2D eigenvalue weighted by Crippen LogP contribution is 2.25. The molecule has 7 heteroatoms. The fourth-order valence-electron chi connectivity index (χ4n) is 3.99. The van der Waals surface area contributed by atoms with E-state index in [0.717, 1.165) is 48.5 Å². The number of hydrogen-bond donors (Lipinski definition) is 2. The number of hydrogen-bond acceptors (Lipinski definition) is 4. The maximum absolute atomic E-state index is 13.2. The van der Waals surface area contributed by atoms with Crippen LogP contribution < -0.4 is 10.6 Å². The molecule has 0 saturated carbocycles. The Morgan fingerprint density at radius 3 is 2.77 bits per heavy atom. The molecule has 2 aromatic heterocycles. The van der Waals surface area contributed by atoms with Crippen LogP contribution in [0.4, 0.5) is 0 Å². The van der Waals surface area contributed by atoms with Gasteiger partial charge in [-0.25, -0.2) is 4.98 Å². The van der Waals surface area contributed by atoms with Crippen molar-refractivity contribution in [3.05, 3.63) is 75.5 Å². The Balaban J connectivity index is 1.55. The van der Waals surface area contributed by atoms with E-state index in [2.05, 4.69) is 22.5 Å². The molecule has 0 aliphatic carbocycles. The van der Waals surface area contributed by atoms with Crippen molar-refractivity contribution in [2.45, 2.75) is 51.7 Å². The molecular formula is C23H26N4O2S. The van der Waals surface area contributed by atoms with Gasteiger partial charge in [0, 0.05) is 23.8 Å². The van der Waals surface area contributed by atoms with Crippen molar-refractivity contribution in [3.63, 3.8) is 0 Å². The molecule has 1 atom stereocenters. The second-order valence-electron chi connectivity index (χ2n) is 7.45. The van der Waals surface area contributed by atoms with Crippen molar-refractivity contribution in [1.82, 2.24) is 20.2 Å². The molecule has 156 valence electrons. The van der Waals surface area contributed by atoms with Gasteiger partial charge in [0.25, 0.3) is 11.8 Å². The summed E-state index contributed by atoms with van der Waals surface area (Å²) in [5, 5.41) is 8.86. The first-order chi connectivity index (χ1) is 14.7. The van der Waals surface area contributed by atoms with Crippen molar-refractivity contribution in [2.75, 3.05) is 0 Å². The highest BCUT2D eigenvalue weighted by atomic mass is 32.1. The molecule has 6 nitrogen and oxygen atoms in total.